The Labute approximate surface area is 113 Å². The van der Waals surface area contributed by atoms with E-state index in [0.717, 1.165) is 17.1 Å². The summed E-state index contributed by atoms with van der Waals surface area (Å²) >= 11 is 9.32. The van der Waals surface area contributed by atoms with Crippen LogP contribution < -0.4 is 4.74 Å². The van der Waals surface area contributed by atoms with Crippen LogP contribution in [0, 0.1) is 0 Å². The lowest BCUT2D eigenvalue weighted by molar-refractivity contribution is 0.287. The third kappa shape index (κ3) is 2.98. The Kier molecular flexibility index (Phi) is 4.02. The number of aryl methyl sites for hydroxylation is 1. The molecule has 0 fully saturated rings. The maximum Gasteiger partial charge on any atom is 0.164 e. The van der Waals surface area contributed by atoms with Gasteiger partial charge in [-0.2, -0.15) is 5.10 Å². The monoisotopic (exact) mass is 315 g/mol. The maximum atomic E-state index is 5.92. The molecular formula is C11H11BrClN3O. The Hall–Kier alpha value is -1.07. The first-order chi connectivity index (χ1) is 8.20. The van der Waals surface area contributed by atoms with E-state index in [0.29, 0.717) is 17.0 Å². The first-order valence-electron chi connectivity index (χ1n) is 5.01. The normalized spacial score (nSPS) is 10.5. The van der Waals surface area contributed by atoms with Gasteiger partial charge in [0.1, 0.15) is 18.7 Å². The summed E-state index contributed by atoms with van der Waals surface area (Å²) in [6, 6.07) is 5.54. The molecule has 0 bridgehead atoms. The van der Waals surface area contributed by atoms with Crippen LogP contribution in [-0.2, 0) is 19.0 Å². The van der Waals surface area contributed by atoms with Crippen molar-refractivity contribution in [3.8, 4) is 5.75 Å². The average molecular weight is 317 g/mol. The average Bonchev–Trinajstić information content (AvgIpc) is 2.73. The molecule has 0 aliphatic carbocycles. The van der Waals surface area contributed by atoms with Gasteiger partial charge in [-0.15, -0.1) is 0 Å². The Balaban J connectivity index is 2.11. The van der Waals surface area contributed by atoms with E-state index < -0.39 is 0 Å². The van der Waals surface area contributed by atoms with Gasteiger partial charge in [-0.25, -0.2) is 4.98 Å². The molecular weight excluding hydrogens is 305 g/mol. The molecule has 1 aromatic carbocycles. The van der Waals surface area contributed by atoms with Crippen LogP contribution in [0.5, 0.6) is 5.75 Å². The van der Waals surface area contributed by atoms with Gasteiger partial charge >= 0.3 is 0 Å². The minimum atomic E-state index is 0.387. The van der Waals surface area contributed by atoms with Crippen molar-refractivity contribution in [1.82, 2.24) is 14.8 Å². The van der Waals surface area contributed by atoms with E-state index in [9.17, 15) is 0 Å². The van der Waals surface area contributed by atoms with Gasteiger partial charge in [0.05, 0.1) is 0 Å². The largest absolute Gasteiger partial charge is 0.485 e. The number of rotatable bonds is 4. The molecule has 1 heterocycles. The molecule has 0 aliphatic heterocycles. The molecule has 0 saturated carbocycles. The molecule has 0 atom stereocenters. The van der Waals surface area contributed by atoms with Gasteiger partial charge in [0.2, 0.25) is 0 Å². The van der Waals surface area contributed by atoms with Crippen LogP contribution in [0.25, 0.3) is 0 Å². The van der Waals surface area contributed by atoms with Crippen molar-refractivity contribution in [2.45, 2.75) is 11.9 Å². The van der Waals surface area contributed by atoms with Gasteiger partial charge in [-0.05, 0) is 18.2 Å². The van der Waals surface area contributed by atoms with Crippen LogP contribution in [0.15, 0.2) is 24.5 Å². The lowest BCUT2D eigenvalue weighted by Crippen LogP contribution is -2.05. The van der Waals surface area contributed by atoms with E-state index in [4.69, 9.17) is 16.3 Å². The van der Waals surface area contributed by atoms with E-state index >= 15 is 0 Å². The fourth-order valence-corrected chi connectivity index (χ4v) is 2.02. The van der Waals surface area contributed by atoms with Crippen LogP contribution in [0.1, 0.15) is 11.4 Å². The van der Waals surface area contributed by atoms with Crippen molar-refractivity contribution in [3.63, 3.8) is 0 Å². The Bertz CT molecular complexity index is 515. The second-order valence-electron chi connectivity index (χ2n) is 3.47. The molecule has 90 valence electrons. The van der Waals surface area contributed by atoms with Crippen molar-refractivity contribution in [2.24, 2.45) is 7.05 Å². The first-order valence-corrected chi connectivity index (χ1v) is 6.50. The van der Waals surface area contributed by atoms with E-state index in [-0.39, 0.29) is 0 Å². The Morgan fingerprint density at radius 1 is 1.47 bits per heavy atom. The molecule has 1 aromatic heterocycles. The summed E-state index contributed by atoms with van der Waals surface area (Å²) in [5, 5.41) is 5.38. The topological polar surface area (TPSA) is 39.9 Å². The molecule has 2 rings (SSSR count). The lowest BCUT2D eigenvalue weighted by atomic mass is 10.2. The molecule has 0 saturated heterocycles. The van der Waals surface area contributed by atoms with Crippen molar-refractivity contribution >= 4 is 27.5 Å². The Morgan fingerprint density at radius 3 is 2.94 bits per heavy atom. The molecule has 0 spiro atoms. The minimum absolute atomic E-state index is 0.387. The molecule has 2 aromatic rings. The number of aromatic nitrogens is 3. The summed E-state index contributed by atoms with van der Waals surface area (Å²) in [7, 11) is 1.83. The van der Waals surface area contributed by atoms with E-state index in [1.807, 2.05) is 19.2 Å². The molecule has 0 unspecified atom stereocenters. The van der Waals surface area contributed by atoms with Crippen LogP contribution >= 0.6 is 27.5 Å². The molecule has 0 amide bonds. The minimum Gasteiger partial charge on any atom is -0.485 e. The third-order valence-corrected chi connectivity index (χ3v) is 3.17. The summed E-state index contributed by atoms with van der Waals surface area (Å²) in [6.07, 6.45) is 1.51. The quantitative estimate of drug-likeness (QED) is 0.814. The standard InChI is InChI=1S/C11H11BrClN3O/c1-16-11(14-7-15-16)6-17-10-3-2-9(13)4-8(10)5-12/h2-4,7H,5-6H2,1H3. The van der Waals surface area contributed by atoms with E-state index in [1.165, 1.54) is 6.33 Å². The zero-order valence-electron chi connectivity index (χ0n) is 9.23. The second kappa shape index (κ2) is 5.51. The van der Waals surface area contributed by atoms with Crippen molar-refractivity contribution in [2.75, 3.05) is 0 Å². The summed E-state index contributed by atoms with van der Waals surface area (Å²) in [5.41, 5.74) is 1.01. The fraction of sp³-hybridized carbons (Fsp3) is 0.273. The first kappa shape index (κ1) is 12.4. The molecule has 4 nitrogen and oxygen atoms in total. The highest BCUT2D eigenvalue weighted by Crippen LogP contribution is 2.25. The van der Waals surface area contributed by atoms with Gasteiger partial charge in [0.15, 0.2) is 5.82 Å². The van der Waals surface area contributed by atoms with Crippen LogP contribution in [0.4, 0.5) is 0 Å². The number of ether oxygens (including phenoxy) is 1. The SMILES string of the molecule is Cn1ncnc1COc1ccc(Cl)cc1CBr. The second-order valence-corrected chi connectivity index (χ2v) is 4.47. The fourth-order valence-electron chi connectivity index (χ4n) is 1.39. The van der Waals surface area contributed by atoms with Gasteiger partial charge in [0.25, 0.3) is 0 Å². The van der Waals surface area contributed by atoms with Crippen LogP contribution in [0.3, 0.4) is 0 Å². The highest BCUT2D eigenvalue weighted by atomic mass is 79.9. The number of hydrogen-bond acceptors (Lipinski definition) is 3. The number of halogens is 2. The predicted octanol–water partition coefficient (Wildman–Crippen LogP) is 2.94. The zero-order chi connectivity index (χ0) is 12.3. The molecule has 0 radical (unpaired) electrons. The summed E-state index contributed by atoms with van der Waals surface area (Å²) in [6.45, 7) is 0.387. The van der Waals surface area contributed by atoms with E-state index in [2.05, 4.69) is 26.0 Å². The number of nitrogens with zero attached hydrogens (tertiary/aromatic N) is 3. The smallest absolute Gasteiger partial charge is 0.164 e. The van der Waals surface area contributed by atoms with Gasteiger partial charge < -0.3 is 4.74 Å². The number of alkyl halides is 1. The zero-order valence-corrected chi connectivity index (χ0v) is 11.6. The predicted molar refractivity (Wildman–Crippen MR) is 69.4 cm³/mol. The number of benzene rings is 1. The highest BCUT2D eigenvalue weighted by molar-refractivity contribution is 9.08. The van der Waals surface area contributed by atoms with Crippen LogP contribution in [-0.4, -0.2) is 14.8 Å². The van der Waals surface area contributed by atoms with Gasteiger partial charge in [-0.3, -0.25) is 4.68 Å². The maximum absolute atomic E-state index is 5.92. The third-order valence-electron chi connectivity index (χ3n) is 2.33. The summed E-state index contributed by atoms with van der Waals surface area (Å²) in [5.74, 6) is 1.58. The number of hydrogen-bond donors (Lipinski definition) is 0. The lowest BCUT2D eigenvalue weighted by Gasteiger charge is -2.09. The van der Waals surface area contributed by atoms with Gasteiger partial charge in [0, 0.05) is 23.0 Å². The molecule has 0 aliphatic rings. The summed E-state index contributed by atoms with van der Waals surface area (Å²) in [4.78, 5) is 4.09. The molecule has 17 heavy (non-hydrogen) atoms. The molecule has 6 heteroatoms. The van der Waals surface area contributed by atoms with Crippen molar-refractivity contribution < 1.29 is 4.74 Å². The van der Waals surface area contributed by atoms with Crippen molar-refractivity contribution in [3.05, 3.63) is 40.9 Å². The van der Waals surface area contributed by atoms with Gasteiger partial charge in [-0.1, -0.05) is 27.5 Å². The van der Waals surface area contributed by atoms with E-state index in [1.54, 1.807) is 10.7 Å². The highest BCUT2D eigenvalue weighted by Gasteiger charge is 2.06. The molecule has 0 N–H and O–H groups in total. The van der Waals surface area contributed by atoms with Crippen LogP contribution in [0.2, 0.25) is 5.02 Å². The summed E-state index contributed by atoms with van der Waals surface area (Å²) < 4.78 is 7.38. The Morgan fingerprint density at radius 2 is 2.29 bits per heavy atom. The van der Waals surface area contributed by atoms with Crippen molar-refractivity contribution in [1.29, 1.82) is 0 Å².